The Labute approximate surface area is 206 Å². The second kappa shape index (κ2) is 9.57. The van der Waals surface area contributed by atoms with E-state index in [9.17, 15) is 14.0 Å². The number of nitrogens with zero attached hydrogens (tertiary/aromatic N) is 5. The summed E-state index contributed by atoms with van der Waals surface area (Å²) in [5.74, 6) is -0.608. The van der Waals surface area contributed by atoms with E-state index in [0.717, 1.165) is 18.4 Å². The van der Waals surface area contributed by atoms with Gasteiger partial charge in [0.25, 0.3) is 5.91 Å². The molecular weight excluding hydrogens is 463 g/mol. The average Bonchev–Trinajstić information content (AvgIpc) is 3.30. The van der Waals surface area contributed by atoms with Crippen molar-refractivity contribution in [2.45, 2.75) is 18.9 Å². The Morgan fingerprint density at radius 1 is 1.19 bits per heavy atom. The maximum absolute atomic E-state index is 15.0. The van der Waals surface area contributed by atoms with Crippen LogP contribution < -0.4 is 10.5 Å². The zero-order valence-electron chi connectivity index (χ0n) is 19.3. The summed E-state index contributed by atoms with van der Waals surface area (Å²) >= 11 is 0. The van der Waals surface area contributed by atoms with Gasteiger partial charge < -0.3 is 15.4 Å². The molecule has 0 unspecified atom stereocenters. The summed E-state index contributed by atoms with van der Waals surface area (Å²) in [6.07, 6.45) is 7.05. The number of piperidine rings is 1. The van der Waals surface area contributed by atoms with Crippen LogP contribution in [0.5, 0.6) is 11.5 Å². The highest BCUT2D eigenvalue weighted by molar-refractivity contribution is 5.94. The highest BCUT2D eigenvalue weighted by atomic mass is 19.1. The van der Waals surface area contributed by atoms with Gasteiger partial charge in [0.1, 0.15) is 17.0 Å². The van der Waals surface area contributed by atoms with E-state index >= 15 is 0 Å². The van der Waals surface area contributed by atoms with Gasteiger partial charge in [-0.3, -0.25) is 19.3 Å². The fraction of sp³-hybridized carbons (Fsp3) is 0.192. The molecule has 3 aromatic heterocycles. The number of carbonyl (C=O) groups excluding carboxylic acids is 2. The second-order valence-electron chi connectivity index (χ2n) is 8.44. The first-order valence-corrected chi connectivity index (χ1v) is 11.4. The number of aromatic nitrogens is 4. The fourth-order valence-corrected chi connectivity index (χ4v) is 4.47. The van der Waals surface area contributed by atoms with Gasteiger partial charge in [0.05, 0.1) is 12.2 Å². The lowest BCUT2D eigenvalue weighted by Crippen LogP contribution is -2.40. The lowest BCUT2D eigenvalue weighted by Gasteiger charge is -2.32. The van der Waals surface area contributed by atoms with Crippen LogP contribution in [0.15, 0.2) is 67.6 Å². The van der Waals surface area contributed by atoms with Crippen LogP contribution in [-0.2, 0) is 4.79 Å². The number of hydrogen-bond acceptors (Lipinski definition) is 6. The number of nitrogens with two attached hydrogens (primary N) is 1. The van der Waals surface area contributed by atoms with Gasteiger partial charge in [-0.25, -0.2) is 9.37 Å². The van der Waals surface area contributed by atoms with E-state index in [0.29, 0.717) is 35.4 Å². The van der Waals surface area contributed by atoms with E-state index in [2.05, 4.69) is 16.5 Å². The van der Waals surface area contributed by atoms with Crippen molar-refractivity contribution >= 4 is 22.7 Å². The molecule has 1 fully saturated rings. The number of hydrogen-bond donors (Lipinski definition) is 1. The number of carbonyl (C=O) groups is 2. The molecule has 4 heterocycles. The molecule has 0 bridgehead atoms. The SMILES string of the molecule is C=CC(=O)N1CCC[C@@H](n2nc(-c3ccc(Oc4cccnc4C(N)=O)cc3)c3cncc(F)c32)C1. The van der Waals surface area contributed by atoms with Crippen molar-refractivity contribution < 1.29 is 18.7 Å². The highest BCUT2D eigenvalue weighted by Crippen LogP contribution is 2.34. The molecule has 4 aromatic rings. The van der Waals surface area contributed by atoms with Gasteiger partial charge in [0.2, 0.25) is 5.91 Å². The van der Waals surface area contributed by atoms with Crippen LogP contribution >= 0.6 is 0 Å². The first-order valence-electron chi connectivity index (χ1n) is 11.4. The molecule has 1 atom stereocenters. The van der Waals surface area contributed by atoms with Crippen LogP contribution in [0.3, 0.4) is 0 Å². The number of pyridine rings is 2. The number of benzene rings is 1. The van der Waals surface area contributed by atoms with Crippen LogP contribution in [0.25, 0.3) is 22.2 Å². The predicted octanol–water partition coefficient (Wildman–Crippen LogP) is 3.87. The molecule has 1 aliphatic rings. The van der Waals surface area contributed by atoms with Crippen molar-refractivity contribution in [1.82, 2.24) is 24.6 Å². The fourth-order valence-electron chi connectivity index (χ4n) is 4.47. The van der Waals surface area contributed by atoms with Crippen molar-refractivity contribution in [2.75, 3.05) is 13.1 Å². The third kappa shape index (κ3) is 4.28. The second-order valence-corrected chi connectivity index (χ2v) is 8.44. The standard InChI is InChI=1S/C26H23FN6O3/c1-2-22(34)32-12-4-5-17(15-32)33-25-19(13-29-14-20(25)27)23(31-33)16-7-9-18(10-8-16)36-21-6-3-11-30-24(21)26(28)35/h2-3,6-11,13-14,17H,1,4-5,12,15H2,(H2,28,35)/t17-/m1/s1. The summed E-state index contributed by atoms with van der Waals surface area (Å²) in [5.41, 5.74) is 7.05. The van der Waals surface area contributed by atoms with Crippen molar-refractivity contribution in [3.05, 3.63) is 79.2 Å². The number of rotatable bonds is 6. The van der Waals surface area contributed by atoms with Gasteiger partial charge in [-0.05, 0) is 55.3 Å². The van der Waals surface area contributed by atoms with Gasteiger partial charge in [-0.15, -0.1) is 0 Å². The van der Waals surface area contributed by atoms with Gasteiger partial charge in [-0.2, -0.15) is 5.10 Å². The average molecular weight is 487 g/mol. The molecule has 9 nitrogen and oxygen atoms in total. The molecular formula is C26H23FN6O3. The molecule has 2 N–H and O–H groups in total. The summed E-state index contributed by atoms with van der Waals surface area (Å²) in [4.78, 5) is 33.5. The Bertz CT molecular complexity index is 1470. The van der Waals surface area contributed by atoms with E-state index in [4.69, 9.17) is 15.6 Å². The predicted molar refractivity (Wildman–Crippen MR) is 131 cm³/mol. The Morgan fingerprint density at radius 3 is 2.75 bits per heavy atom. The number of primary amides is 1. The number of ether oxygens (including phenoxy) is 1. The summed E-state index contributed by atoms with van der Waals surface area (Å²) in [7, 11) is 0. The molecule has 5 rings (SSSR count). The third-order valence-electron chi connectivity index (χ3n) is 6.15. The molecule has 0 radical (unpaired) electrons. The third-order valence-corrected chi connectivity index (χ3v) is 6.15. The zero-order chi connectivity index (χ0) is 25.2. The minimum absolute atomic E-state index is 0.0318. The van der Waals surface area contributed by atoms with Gasteiger partial charge in [-0.1, -0.05) is 6.58 Å². The van der Waals surface area contributed by atoms with Crippen molar-refractivity contribution in [2.24, 2.45) is 5.73 Å². The Hall–Kier alpha value is -4.60. The summed E-state index contributed by atoms with van der Waals surface area (Å²) < 4.78 is 22.5. The summed E-state index contributed by atoms with van der Waals surface area (Å²) in [6, 6.07) is 10.1. The zero-order valence-corrected chi connectivity index (χ0v) is 19.3. The number of fused-ring (bicyclic) bond motifs is 1. The lowest BCUT2D eigenvalue weighted by atomic mass is 10.1. The van der Waals surface area contributed by atoms with Gasteiger partial charge in [0.15, 0.2) is 17.3 Å². The monoisotopic (exact) mass is 486 g/mol. The maximum atomic E-state index is 15.0. The van der Waals surface area contributed by atoms with Crippen molar-refractivity contribution in [3.8, 4) is 22.8 Å². The molecule has 0 spiro atoms. The van der Waals surface area contributed by atoms with Crippen LogP contribution in [0.1, 0.15) is 29.4 Å². The molecule has 0 saturated carbocycles. The molecule has 1 saturated heterocycles. The van der Waals surface area contributed by atoms with Crippen LogP contribution in [0.4, 0.5) is 4.39 Å². The smallest absolute Gasteiger partial charge is 0.271 e. The summed E-state index contributed by atoms with van der Waals surface area (Å²) in [6.45, 7) is 4.62. The molecule has 1 aliphatic heterocycles. The minimum Gasteiger partial charge on any atom is -0.455 e. The molecule has 36 heavy (non-hydrogen) atoms. The first-order chi connectivity index (χ1) is 17.5. The van der Waals surface area contributed by atoms with Crippen LogP contribution in [-0.4, -0.2) is 49.6 Å². The summed E-state index contributed by atoms with van der Waals surface area (Å²) in [5, 5.41) is 5.34. The topological polar surface area (TPSA) is 116 Å². The normalized spacial score (nSPS) is 15.6. The molecule has 182 valence electrons. The first kappa shape index (κ1) is 23.2. The van der Waals surface area contributed by atoms with E-state index in [1.54, 1.807) is 52.2 Å². The van der Waals surface area contributed by atoms with Crippen LogP contribution in [0.2, 0.25) is 0 Å². The number of likely N-dealkylation sites (tertiary alicyclic amines) is 1. The number of amides is 2. The quantitative estimate of drug-likeness (QED) is 0.414. The largest absolute Gasteiger partial charge is 0.455 e. The van der Waals surface area contributed by atoms with E-state index in [-0.39, 0.29) is 23.4 Å². The molecule has 0 aliphatic carbocycles. The highest BCUT2D eigenvalue weighted by Gasteiger charge is 2.28. The molecule has 10 heteroatoms. The Morgan fingerprint density at radius 2 is 2.00 bits per heavy atom. The van der Waals surface area contributed by atoms with E-state index in [1.807, 2.05) is 0 Å². The number of halogens is 1. The molecule has 1 aromatic carbocycles. The van der Waals surface area contributed by atoms with E-state index < -0.39 is 11.7 Å². The molecule has 2 amide bonds. The van der Waals surface area contributed by atoms with Crippen LogP contribution in [0, 0.1) is 5.82 Å². The maximum Gasteiger partial charge on any atom is 0.271 e. The minimum atomic E-state index is -0.690. The van der Waals surface area contributed by atoms with E-state index in [1.165, 1.54) is 18.5 Å². The Kier molecular flexibility index (Phi) is 6.16. The van der Waals surface area contributed by atoms with Gasteiger partial charge in [0, 0.05) is 36.4 Å². The Balaban J connectivity index is 1.49. The van der Waals surface area contributed by atoms with Crippen molar-refractivity contribution in [1.29, 1.82) is 0 Å². The van der Waals surface area contributed by atoms with Gasteiger partial charge >= 0.3 is 0 Å². The lowest BCUT2D eigenvalue weighted by molar-refractivity contribution is -0.127. The van der Waals surface area contributed by atoms with Crippen molar-refractivity contribution in [3.63, 3.8) is 0 Å².